The Balaban J connectivity index is 2.01. The first-order valence-corrected chi connectivity index (χ1v) is 6.72. The molecule has 1 heterocycles. The van der Waals surface area contributed by atoms with Crippen LogP contribution in [0.4, 0.5) is 0 Å². The number of hydrogen-bond donors (Lipinski definition) is 1. The third-order valence-electron chi connectivity index (χ3n) is 2.89. The predicted molar refractivity (Wildman–Crippen MR) is 78.9 cm³/mol. The third-order valence-corrected chi connectivity index (χ3v) is 3.11. The normalized spacial score (nSPS) is 10.9. The van der Waals surface area contributed by atoms with Gasteiger partial charge in [-0.1, -0.05) is 48.0 Å². The molecule has 19 heavy (non-hydrogen) atoms. The summed E-state index contributed by atoms with van der Waals surface area (Å²) in [6, 6.07) is 14.2. The maximum absolute atomic E-state index is 5.79. The van der Waals surface area contributed by atoms with Gasteiger partial charge in [-0.05, 0) is 17.2 Å². The van der Waals surface area contributed by atoms with Crippen LogP contribution in [0.5, 0.6) is 0 Å². The number of aromatic nitrogens is 1. The van der Waals surface area contributed by atoms with Crippen LogP contribution in [0.15, 0.2) is 48.7 Å². The molecule has 4 heteroatoms. The SMILES string of the molecule is NCCN(Cc1ccccc1)Cc1ccc(Cl)nc1. The van der Waals surface area contributed by atoms with Gasteiger partial charge in [0.15, 0.2) is 0 Å². The summed E-state index contributed by atoms with van der Waals surface area (Å²) < 4.78 is 0. The van der Waals surface area contributed by atoms with Crippen LogP contribution in [0.1, 0.15) is 11.1 Å². The summed E-state index contributed by atoms with van der Waals surface area (Å²) in [6.07, 6.45) is 1.82. The van der Waals surface area contributed by atoms with Crippen molar-refractivity contribution in [3.05, 3.63) is 64.9 Å². The van der Waals surface area contributed by atoms with Gasteiger partial charge < -0.3 is 5.73 Å². The molecule has 0 fully saturated rings. The van der Waals surface area contributed by atoms with E-state index < -0.39 is 0 Å². The number of hydrogen-bond acceptors (Lipinski definition) is 3. The van der Waals surface area contributed by atoms with Gasteiger partial charge in [-0.25, -0.2) is 4.98 Å². The predicted octanol–water partition coefficient (Wildman–Crippen LogP) is 2.70. The second kappa shape index (κ2) is 7.24. The summed E-state index contributed by atoms with van der Waals surface area (Å²) in [4.78, 5) is 6.41. The zero-order valence-corrected chi connectivity index (χ0v) is 11.6. The zero-order valence-electron chi connectivity index (χ0n) is 10.8. The molecule has 3 nitrogen and oxygen atoms in total. The van der Waals surface area contributed by atoms with E-state index in [9.17, 15) is 0 Å². The highest BCUT2D eigenvalue weighted by atomic mass is 35.5. The standard InChI is InChI=1S/C15H18ClN3/c16-15-7-6-14(10-18-15)12-19(9-8-17)11-13-4-2-1-3-5-13/h1-7,10H,8-9,11-12,17H2. The van der Waals surface area contributed by atoms with Gasteiger partial charge in [-0.15, -0.1) is 0 Å². The van der Waals surface area contributed by atoms with E-state index >= 15 is 0 Å². The minimum absolute atomic E-state index is 0.525. The first-order chi connectivity index (χ1) is 9.28. The van der Waals surface area contributed by atoms with Gasteiger partial charge in [0.25, 0.3) is 0 Å². The number of halogens is 1. The van der Waals surface area contributed by atoms with E-state index in [-0.39, 0.29) is 0 Å². The number of pyridine rings is 1. The van der Waals surface area contributed by atoms with Crippen molar-refractivity contribution in [3.63, 3.8) is 0 Å². The summed E-state index contributed by atoms with van der Waals surface area (Å²) in [6.45, 7) is 3.22. The molecule has 2 rings (SSSR count). The number of nitrogens with zero attached hydrogens (tertiary/aromatic N) is 2. The van der Waals surface area contributed by atoms with Crippen LogP contribution in [0.3, 0.4) is 0 Å². The molecule has 0 saturated heterocycles. The summed E-state index contributed by atoms with van der Waals surface area (Å²) in [5.41, 5.74) is 8.12. The van der Waals surface area contributed by atoms with Crippen LogP contribution >= 0.6 is 11.6 Å². The van der Waals surface area contributed by atoms with Gasteiger partial charge in [0.1, 0.15) is 5.15 Å². The van der Waals surface area contributed by atoms with Crippen LogP contribution in [0.2, 0.25) is 5.15 Å². The molecule has 1 aromatic carbocycles. The van der Waals surface area contributed by atoms with Crippen molar-refractivity contribution in [2.24, 2.45) is 5.73 Å². The summed E-state index contributed by atoms with van der Waals surface area (Å²) in [7, 11) is 0. The summed E-state index contributed by atoms with van der Waals surface area (Å²) in [5.74, 6) is 0. The highest BCUT2D eigenvalue weighted by Gasteiger charge is 2.06. The van der Waals surface area contributed by atoms with Crippen LogP contribution in [-0.4, -0.2) is 23.0 Å². The molecule has 0 aliphatic rings. The second-order valence-corrected chi connectivity index (χ2v) is 4.86. The Morgan fingerprint density at radius 3 is 2.37 bits per heavy atom. The van der Waals surface area contributed by atoms with E-state index in [4.69, 9.17) is 17.3 Å². The van der Waals surface area contributed by atoms with Crippen molar-refractivity contribution in [3.8, 4) is 0 Å². The number of benzene rings is 1. The Morgan fingerprint density at radius 1 is 1.00 bits per heavy atom. The zero-order chi connectivity index (χ0) is 13.5. The Hall–Kier alpha value is -1.42. The Kier molecular flexibility index (Phi) is 5.33. The molecule has 1 aromatic heterocycles. The van der Waals surface area contributed by atoms with E-state index in [2.05, 4.69) is 34.1 Å². The minimum atomic E-state index is 0.525. The van der Waals surface area contributed by atoms with Crippen molar-refractivity contribution < 1.29 is 0 Å². The largest absolute Gasteiger partial charge is 0.329 e. The van der Waals surface area contributed by atoms with E-state index in [1.165, 1.54) is 5.56 Å². The summed E-state index contributed by atoms with van der Waals surface area (Å²) >= 11 is 5.79. The molecule has 0 aliphatic carbocycles. The van der Waals surface area contributed by atoms with Gasteiger partial charge in [-0.2, -0.15) is 0 Å². The van der Waals surface area contributed by atoms with Crippen LogP contribution in [0.25, 0.3) is 0 Å². The highest BCUT2D eigenvalue weighted by molar-refractivity contribution is 6.29. The summed E-state index contributed by atoms with van der Waals surface area (Å²) in [5, 5.41) is 0.525. The van der Waals surface area contributed by atoms with Crippen molar-refractivity contribution in [1.29, 1.82) is 0 Å². The molecular weight excluding hydrogens is 258 g/mol. The van der Waals surface area contributed by atoms with Crippen molar-refractivity contribution in [2.75, 3.05) is 13.1 Å². The van der Waals surface area contributed by atoms with Gasteiger partial charge in [0.05, 0.1) is 0 Å². The second-order valence-electron chi connectivity index (χ2n) is 4.47. The molecule has 2 aromatic rings. The Morgan fingerprint density at radius 2 is 1.74 bits per heavy atom. The lowest BCUT2D eigenvalue weighted by Gasteiger charge is -2.21. The Labute approximate surface area is 119 Å². The van der Waals surface area contributed by atoms with Gasteiger partial charge in [0, 0.05) is 32.4 Å². The first kappa shape index (κ1) is 14.0. The quantitative estimate of drug-likeness (QED) is 0.824. The molecule has 0 amide bonds. The molecular formula is C15H18ClN3. The van der Waals surface area contributed by atoms with Gasteiger partial charge in [-0.3, -0.25) is 4.90 Å². The average molecular weight is 276 g/mol. The maximum atomic E-state index is 5.79. The van der Waals surface area contributed by atoms with E-state index in [0.29, 0.717) is 11.7 Å². The van der Waals surface area contributed by atoms with Crippen LogP contribution < -0.4 is 5.73 Å². The lowest BCUT2D eigenvalue weighted by atomic mass is 10.2. The molecule has 0 unspecified atom stereocenters. The maximum Gasteiger partial charge on any atom is 0.129 e. The number of rotatable bonds is 6. The molecule has 0 atom stereocenters. The molecule has 0 saturated carbocycles. The van der Waals surface area contributed by atoms with Crippen molar-refractivity contribution >= 4 is 11.6 Å². The fraction of sp³-hybridized carbons (Fsp3) is 0.267. The van der Waals surface area contributed by atoms with Crippen molar-refractivity contribution in [2.45, 2.75) is 13.1 Å². The lowest BCUT2D eigenvalue weighted by molar-refractivity contribution is 0.264. The molecule has 0 bridgehead atoms. The molecule has 0 radical (unpaired) electrons. The van der Waals surface area contributed by atoms with Crippen molar-refractivity contribution in [1.82, 2.24) is 9.88 Å². The fourth-order valence-electron chi connectivity index (χ4n) is 2.00. The van der Waals surface area contributed by atoms with Gasteiger partial charge in [0.2, 0.25) is 0 Å². The fourth-order valence-corrected chi connectivity index (χ4v) is 2.11. The van der Waals surface area contributed by atoms with E-state index in [1.807, 2.05) is 24.4 Å². The smallest absolute Gasteiger partial charge is 0.129 e. The van der Waals surface area contributed by atoms with Crippen LogP contribution in [-0.2, 0) is 13.1 Å². The molecule has 0 spiro atoms. The number of nitrogens with two attached hydrogens (primary N) is 1. The highest BCUT2D eigenvalue weighted by Crippen LogP contribution is 2.11. The average Bonchev–Trinajstić information content (AvgIpc) is 2.43. The first-order valence-electron chi connectivity index (χ1n) is 6.34. The lowest BCUT2D eigenvalue weighted by Crippen LogP contribution is -2.28. The van der Waals surface area contributed by atoms with Gasteiger partial charge >= 0.3 is 0 Å². The monoisotopic (exact) mass is 275 g/mol. The minimum Gasteiger partial charge on any atom is -0.329 e. The topological polar surface area (TPSA) is 42.1 Å². The van der Waals surface area contributed by atoms with E-state index in [1.54, 1.807) is 0 Å². The third kappa shape index (κ3) is 4.63. The van der Waals surface area contributed by atoms with Crippen LogP contribution in [0, 0.1) is 0 Å². The van der Waals surface area contributed by atoms with E-state index in [0.717, 1.165) is 25.2 Å². The molecule has 0 aliphatic heterocycles. The molecule has 100 valence electrons. The Bertz CT molecular complexity index is 485. The molecule has 2 N–H and O–H groups in total.